The van der Waals surface area contributed by atoms with Crippen LogP contribution in [-0.4, -0.2) is 42.7 Å². The number of nitrogens with two attached hydrogens (primary N) is 1. The molecule has 1 fully saturated rings. The Morgan fingerprint density at radius 2 is 2.21 bits per heavy atom. The van der Waals surface area contributed by atoms with Crippen molar-refractivity contribution in [2.24, 2.45) is 11.8 Å². The van der Waals surface area contributed by atoms with E-state index in [1.54, 1.807) is 18.5 Å². The van der Waals surface area contributed by atoms with Crippen molar-refractivity contribution in [1.82, 2.24) is 19.5 Å². The van der Waals surface area contributed by atoms with E-state index < -0.39 is 7.82 Å². The molecule has 0 spiro atoms. The number of imidazole rings is 1. The maximum Gasteiger partial charge on any atom is 0.527 e. The van der Waals surface area contributed by atoms with Crippen LogP contribution in [0.3, 0.4) is 0 Å². The van der Waals surface area contributed by atoms with Crippen molar-refractivity contribution >= 4 is 36.5 Å². The number of fused-ring (bicyclic) bond motifs is 1. The van der Waals surface area contributed by atoms with Crippen LogP contribution in [0.2, 0.25) is 5.02 Å². The number of nitrogen functional groups attached to an aromatic ring is 1. The van der Waals surface area contributed by atoms with Crippen LogP contribution in [0.15, 0.2) is 36.8 Å². The molecular formula is C17H19ClN5O5P. The van der Waals surface area contributed by atoms with Gasteiger partial charge in [0.15, 0.2) is 5.65 Å². The molecule has 0 saturated heterocycles. The van der Waals surface area contributed by atoms with Gasteiger partial charge in [0, 0.05) is 23.6 Å². The SMILES string of the molecule is Nc1ncc2ncn(C3CC(COP(=O)(O)Oc4cccc(Cl)c4)C3CO)c2n1. The molecule has 2 heterocycles. The van der Waals surface area contributed by atoms with E-state index in [0.29, 0.717) is 22.6 Å². The van der Waals surface area contributed by atoms with Crippen molar-refractivity contribution in [3.63, 3.8) is 0 Å². The summed E-state index contributed by atoms with van der Waals surface area (Å²) in [5, 5.41) is 10.2. The summed E-state index contributed by atoms with van der Waals surface area (Å²) in [5.74, 6) is -0.0612. The number of anilines is 1. The average molecular weight is 440 g/mol. The zero-order valence-corrected chi connectivity index (χ0v) is 16.8. The number of rotatable bonds is 7. The van der Waals surface area contributed by atoms with Gasteiger partial charge >= 0.3 is 7.82 Å². The Hall–Kier alpha value is -2.23. The molecular weight excluding hydrogens is 421 g/mol. The van der Waals surface area contributed by atoms with Gasteiger partial charge in [0.25, 0.3) is 0 Å². The van der Waals surface area contributed by atoms with Crippen molar-refractivity contribution in [1.29, 1.82) is 0 Å². The molecule has 1 saturated carbocycles. The molecule has 4 unspecified atom stereocenters. The Bertz CT molecular complexity index is 1080. The number of hydrogen-bond donors (Lipinski definition) is 3. The molecule has 4 atom stereocenters. The standard InChI is InChI=1S/C17H19ClN5O5P/c18-11-2-1-3-12(5-11)28-29(25,26)27-8-10-4-15(13(10)7-24)23-9-21-14-6-20-17(19)22-16(14)23/h1-3,5-6,9-10,13,15,24H,4,7-8H2,(H,25,26)(H2,19,20,22). The number of benzene rings is 1. The van der Waals surface area contributed by atoms with E-state index in [0.717, 1.165) is 0 Å². The molecule has 12 heteroatoms. The summed E-state index contributed by atoms with van der Waals surface area (Å²) in [5.41, 5.74) is 6.84. The second kappa shape index (κ2) is 7.89. The summed E-state index contributed by atoms with van der Waals surface area (Å²) in [6.07, 6.45) is 3.77. The van der Waals surface area contributed by atoms with E-state index in [4.69, 9.17) is 26.4 Å². The molecule has 0 aliphatic heterocycles. The first-order chi connectivity index (χ1) is 13.9. The summed E-state index contributed by atoms with van der Waals surface area (Å²) < 4.78 is 24.2. The normalized spacial score (nSPS) is 23.5. The van der Waals surface area contributed by atoms with Crippen LogP contribution in [0.5, 0.6) is 5.75 Å². The summed E-state index contributed by atoms with van der Waals surface area (Å²) in [6, 6.07) is 6.06. The van der Waals surface area contributed by atoms with E-state index in [1.807, 2.05) is 4.57 Å². The smallest absolute Gasteiger partial charge is 0.404 e. The molecule has 4 rings (SSSR count). The lowest BCUT2D eigenvalue weighted by atomic mass is 9.70. The maximum absolute atomic E-state index is 12.2. The van der Waals surface area contributed by atoms with Gasteiger partial charge in [0.2, 0.25) is 5.95 Å². The van der Waals surface area contributed by atoms with Gasteiger partial charge in [-0.15, -0.1) is 0 Å². The Kier molecular flexibility index (Phi) is 5.46. The highest BCUT2D eigenvalue weighted by Crippen LogP contribution is 2.49. The molecule has 0 amide bonds. The number of aliphatic hydroxyl groups is 1. The molecule has 3 aromatic rings. The molecule has 2 aromatic heterocycles. The maximum atomic E-state index is 12.2. The van der Waals surface area contributed by atoms with Gasteiger partial charge < -0.3 is 19.9 Å². The fourth-order valence-corrected chi connectivity index (χ4v) is 4.51. The third-order valence-corrected chi connectivity index (χ3v) is 6.17. The van der Waals surface area contributed by atoms with Crippen molar-refractivity contribution in [3.05, 3.63) is 41.8 Å². The number of phosphoric ester groups is 1. The fraction of sp³-hybridized carbons (Fsp3) is 0.353. The topological polar surface area (TPSA) is 146 Å². The largest absolute Gasteiger partial charge is 0.527 e. The van der Waals surface area contributed by atoms with Gasteiger partial charge in [-0.1, -0.05) is 17.7 Å². The van der Waals surface area contributed by atoms with Crippen LogP contribution >= 0.6 is 19.4 Å². The zero-order chi connectivity index (χ0) is 20.6. The van der Waals surface area contributed by atoms with Crippen molar-refractivity contribution < 1.29 is 23.6 Å². The van der Waals surface area contributed by atoms with Gasteiger partial charge in [-0.05, 0) is 30.5 Å². The molecule has 1 aromatic carbocycles. The van der Waals surface area contributed by atoms with Gasteiger partial charge in [0.05, 0.1) is 19.1 Å². The van der Waals surface area contributed by atoms with Gasteiger partial charge in [0.1, 0.15) is 11.3 Å². The molecule has 0 radical (unpaired) electrons. The van der Waals surface area contributed by atoms with E-state index in [2.05, 4.69) is 15.0 Å². The van der Waals surface area contributed by atoms with Crippen LogP contribution in [-0.2, 0) is 9.09 Å². The van der Waals surface area contributed by atoms with Crippen molar-refractivity contribution in [2.45, 2.75) is 12.5 Å². The first-order valence-electron chi connectivity index (χ1n) is 8.84. The van der Waals surface area contributed by atoms with E-state index >= 15 is 0 Å². The van der Waals surface area contributed by atoms with Gasteiger partial charge in [-0.3, -0.25) is 9.42 Å². The molecule has 0 bridgehead atoms. The summed E-state index contributed by atoms with van der Waals surface area (Å²) >= 11 is 5.84. The first kappa shape index (κ1) is 20.1. The third-order valence-electron chi connectivity index (χ3n) is 5.02. The van der Waals surface area contributed by atoms with Crippen LogP contribution in [0.4, 0.5) is 5.95 Å². The number of halogens is 1. The molecule has 154 valence electrons. The van der Waals surface area contributed by atoms with Crippen LogP contribution < -0.4 is 10.3 Å². The number of phosphoric acid groups is 1. The number of hydrogen-bond acceptors (Lipinski definition) is 8. The van der Waals surface area contributed by atoms with E-state index in [1.165, 1.54) is 18.3 Å². The summed E-state index contributed by atoms with van der Waals surface area (Å²) in [6.45, 7) is -0.163. The Balaban J connectivity index is 1.40. The van der Waals surface area contributed by atoms with Crippen molar-refractivity contribution in [3.8, 4) is 5.75 Å². The predicted octanol–water partition coefficient (Wildman–Crippen LogP) is 2.43. The monoisotopic (exact) mass is 439 g/mol. The predicted molar refractivity (Wildman–Crippen MR) is 105 cm³/mol. The summed E-state index contributed by atoms with van der Waals surface area (Å²) in [4.78, 5) is 22.3. The number of nitrogens with zero attached hydrogens (tertiary/aromatic N) is 4. The molecule has 4 N–H and O–H groups in total. The average Bonchev–Trinajstić information content (AvgIpc) is 3.03. The van der Waals surface area contributed by atoms with Crippen LogP contribution in [0, 0.1) is 11.8 Å². The third kappa shape index (κ3) is 4.22. The Morgan fingerprint density at radius 1 is 1.38 bits per heavy atom. The lowest BCUT2D eigenvalue weighted by molar-refractivity contribution is -0.00487. The highest BCUT2D eigenvalue weighted by Gasteiger charge is 2.43. The first-order valence-corrected chi connectivity index (χ1v) is 10.7. The number of aromatic nitrogens is 4. The van der Waals surface area contributed by atoms with Gasteiger partial charge in [-0.25, -0.2) is 14.5 Å². The minimum absolute atomic E-state index is 0.0418. The zero-order valence-electron chi connectivity index (χ0n) is 15.1. The molecule has 1 aliphatic carbocycles. The summed E-state index contributed by atoms with van der Waals surface area (Å²) in [7, 11) is -4.33. The van der Waals surface area contributed by atoms with E-state index in [9.17, 15) is 14.6 Å². The second-order valence-electron chi connectivity index (χ2n) is 6.81. The molecule has 1 aliphatic rings. The minimum atomic E-state index is -4.33. The lowest BCUT2D eigenvalue weighted by Crippen LogP contribution is -2.42. The van der Waals surface area contributed by atoms with Crippen LogP contribution in [0.25, 0.3) is 11.2 Å². The van der Waals surface area contributed by atoms with Crippen molar-refractivity contribution in [2.75, 3.05) is 18.9 Å². The van der Waals surface area contributed by atoms with Gasteiger partial charge in [-0.2, -0.15) is 4.98 Å². The van der Waals surface area contributed by atoms with Crippen LogP contribution in [0.1, 0.15) is 12.5 Å². The highest BCUT2D eigenvalue weighted by molar-refractivity contribution is 7.47. The Labute approximate surface area is 170 Å². The second-order valence-corrected chi connectivity index (χ2v) is 8.63. The van der Waals surface area contributed by atoms with E-state index in [-0.39, 0.29) is 42.8 Å². The quantitative estimate of drug-likeness (QED) is 0.472. The highest BCUT2D eigenvalue weighted by atomic mass is 35.5. The fourth-order valence-electron chi connectivity index (χ4n) is 3.52. The number of aliphatic hydroxyl groups excluding tert-OH is 1. The lowest BCUT2D eigenvalue weighted by Gasteiger charge is -2.44. The Morgan fingerprint density at radius 3 is 2.97 bits per heavy atom. The minimum Gasteiger partial charge on any atom is -0.404 e. The molecule has 29 heavy (non-hydrogen) atoms. The molecule has 10 nitrogen and oxygen atoms in total.